The van der Waals surface area contributed by atoms with E-state index in [0.717, 1.165) is 31.7 Å². The monoisotopic (exact) mass is 324 g/mol. The van der Waals surface area contributed by atoms with Crippen molar-refractivity contribution >= 4 is 12.4 Å². The van der Waals surface area contributed by atoms with Gasteiger partial charge in [-0.15, -0.1) is 12.4 Å². The first-order chi connectivity index (χ1) is 10.2. The van der Waals surface area contributed by atoms with Gasteiger partial charge in [-0.05, 0) is 24.6 Å². The zero-order valence-corrected chi connectivity index (χ0v) is 13.5. The molecule has 2 aromatic rings. The highest BCUT2D eigenvalue weighted by Crippen LogP contribution is 2.11. The van der Waals surface area contributed by atoms with Crippen molar-refractivity contribution in [3.8, 4) is 0 Å². The quantitative estimate of drug-likeness (QED) is 0.936. The molecule has 1 aromatic heterocycles. The van der Waals surface area contributed by atoms with Gasteiger partial charge in [-0.2, -0.15) is 5.10 Å². The van der Waals surface area contributed by atoms with Crippen LogP contribution in [-0.2, 0) is 13.1 Å². The van der Waals surface area contributed by atoms with Gasteiger partial charge in [-0.3, -0.25) is 9.58 Å². The number of rotatable bonds is 4. The standard InChI is InChI=1S/C16H21FN4.ClH/c1-13-8-18-6-7-20(13)10-15-9-19-21(12-15)11-14-2-4-16(17)5-3-14;/h2-5,9,12-13,18H,6-8,10-11H2,1H3;1H. The molecule has 1 saturated heterocycles. The van der Waals surface area contributed by atoms with Crippen LogP contribution in [-0.4, -0.2) is 40.4 Å². The molecule has 0 radical (unpaired) electrons. The average Bonchev–Trinajstić information content (AvgIpc) is 2.91. The number of hydrogen-bond donors (Lipinski definition) is 1. The summed E-state index contributed by atoms with van der Waals surface area (Å²) in [6.07, 6.45) is 4.01. The molecule has 1 atom stereocenters. The Morgan fingerprint density at radius 1 is 1.23 bits per heavy atom. The number of halogens is 2. The van der Waals surface area contributed by atoms with Crippen LogP contribution in [0, 0.1) is 5.82 Å². The van der Waals surface area contributed by atoms with Crippen LogP contribution in [0.25, 0.3) is 0 Å². The van der Waals surface area contributed by atoms with E-state index in [0.29, 0.717) is 12.6 Å². The summed E-state index contributed by atoms with van der Waals surface area (Å²) in [5, 5.41) is 7.80. The molecule has 1 unspecified atom stereocenters. The van der Waals surface area contributed by atoms with Gasteiger partial charge in [0.25, 0.3) is 0 Å². The Bertz CT molecular complexity index is 584. The van der Waals surface area contributed by atoms with Crippen molar-refractivity contribution < 1.29 is 4.39 Å². The van der Waals surface area contributed by atoms with Gasteiger partial charge in [-0.25, -0.2) is 4.39 Å². The van der Waals surface area contributed by atoms with Gasteiger partial charge in [0.2, 0.25) is 0 Å². The van der Waals surface area contributed by atoms with E-state index in [1.54, 1.807) is 12.1 Å². The molecule has 0 saturated carbocycles. The zero-order valence-electron chi connectivity index (χ0n) is 12.7. The van der Waals surface area contributed by atoms with Gasteiger partial charge >= 0.3 is 0 Å². The lowest BCUT2D eigenvalue weighted by atomic mass is 10.2. The molecule has 1 fully saturated rings. The first-order valence-electron chi connectivity index (χ1n) is 7.41. The maximum atomic E-state index is 12.9. The lowest BCUT2D eigenvalue weighted by Crippen LogP contribution is -2.49. The van der Waals surface area contributed by atoms with E-state index >= 15 is 0 Å². The van der Waals surface area contributed by atoms with Crippen molar-refractivity contribution in [3.05, 3.63) is 53.6 Å². The van der Waals surface area contributed by atoms with Gasteiger partial charge in [0, 0.05) is 44.0 Å². The lowest BCUT2D eigenvalue weighted by molar-refractivity contribution is 0.165. The molecule has 0 bridgehead atoms. The summed E-state index contributed by atoms with van der Waals surface area (Å²) in [6.45, 7) is 7.03. The third-order valence-electron chi connectivity index (χ3n) is 3.97. The summed E-state index contributed by atoms with van der Waals surface area (Å²) in [5.74, 6) is -0.201. The second-order valence-electron chi connectivity index (χ2n) is 5.70. The molecule has 1 N–H and O–H groups in total. The number of aromatic nitrogens is 2. The first-order valence-corrected chi connectivity index (χ1v) is 7.41. The predicted octanol–water partition coefficient (Wildman–Crippen LogP) is 2.29. The molecule has 1 aliphatic rings. The zero-order chi connectivity index (χ0) is 14.7. The highest BCUT2D eigenvalue weighted by molar-refractivity contribution is 5.85. The van der Waals surface area contributed by atoms with E-state index in [1.165, 1.54) is 17.7 Å². The van der Waals surface area contributed by atoms with E-state index in [2.05, 4.69) is 28.4 Å². The van der Waals surface area contributed by atoms with Crippen LogP contribution in [0.3, 0.4) is 0 Å². The van der Waals surface area contributed by atoms with Crippen LogP contribution in [0.15, 0.2) is 36.7 Å². The minimum absolute atomic E-state index is 0. The van der Waals surface area contributed by atoms with Crippen LogP contribution in [0.4, 0.5) is 4.39 Å². The molecule has 3 rings (SSSR count). The van der Waals surface area contributed by atoms with Crippen molar-refractivity contribution in [3.63, 3.8) is 0 Å². The lowest BCUT2D eigenvalue weighted by Gasteiger charge is -2.33. The molecule has 0 aliphatic carbocycles. The topological polar surface area (TPSA) is 33.1 Å². The number of benzene rings is 1. The fourth-order valence-corrected chi connectivity index (χ4v) is 2.70. The van der Waals surface area contributed by atoms with Crippen molar-refractivity contribution in [1.82, 2.24) is 20.0 Å². The van der Waals surface area contributed by atoms with E-state index < -0.39 is 0 Å². The third-order valence-corrected chi connectivity index (χ3v) is 3.97. The Balaban J connectivity index is 0.00000176. The van der Waals surface area contributed by atoms with Gasteiger partial charge in [0.1, 0.15) is 5.82 Å². The number of hydrogen-bond acceptors (Lipinski definition) is 3. The Morgan fingerprint density at radius 3 is 2.73 bits per heavy atom. The van der Waals surface area contributed by atoms with Crippen LogP contribution in [0.5, 0.6) is 0 Å². The van der Waals surface area contributed by atoms with Crippen molar-refractivity contribution in [2.45, 2.75) is 26.1 Å². The predicted molar refractivity (Wildman–Crippen MR) is 87.7 cm³/mol. The van der Waals surface area contributed by atoms with Crippen LogP contribution >= 0.6 is 12.4 Å². The summed E-state index contributed by atoms with van der Waals surface area (Å²) in [7, 11) is 0. The van der Waals surface area contributed by atoms with E-state index in [4.69, 9.17) is 0 Å². The van der Waals surface area contributed by atoms with Crippen molar-refractivity contribution in [2.75, 3.05) is 19.6 Å². The molecule has 6 heteroatoms. The Labute approximate surface area is 136 Å². The normalized spacial score (nSPS) is 18.9. The van der Waals surface area contributed by atoms with Gasteiger partial charge in [-0.1, -0.05) is 12.1 Å². The van der Waals surface area contributed by atoms with E-state index in [1.807, 2.05) is 10.9 Å². The molecule has 2 heterocycles. The molecular weight excluding hydrogens is 303 g/mol. The highest BCUT2D eigenvalue weighted by Gasteiger charge is 2.18. The Kier molecular flexibility index (Phi) is 5.94. The second kappa shape index (κ2) is 7.72. The molecule has 22 heavy (non-hydrogen) atoms. The summed E-state index contributed by atoms with van der Waals surface area (Å²) in [6, 6.07) is 7.13. The van der Waals surface area contributed by atoms with Crippen LogP contribution in [0.1, 0.15) is 18.1 Å². The van der Waals surface area contributed by atoms with Gasteiger partial charge in [0.05, 0.1) is 12.7 Å². The molecule has 0 amide bonds. The number of nitrogens with zero attached hydrogens (tertiary/aromatic N) is 3. The van der Waals surface area contributed by atoms with Crippen LogP contribution in [0.2, 0.25) is 0 Å². The number of nitrogens with one attached hydrogen (secondary N) is 1. The highest BCUT2D eigenvalue weighted by atomic mass is 35.5. The average molecular weight is 325 g/mol. The Hall–Kier alpha value is -1.43. The van der Waals surface area contributed by atoms with Crippen molar-refractivity contribution in [1.29, 1.82) is 0 Å². The minimum atomic E-state index is -0.201. The largest absolute Gasteiger partial charge is 0.314 e. The molecule has 120 valence electrons. The SMILES string of the molecule is CC1CNCCN1Cc1cnn(Cc2ccc(F)cc2)c1.Cl. The van der Waals surface area contributed by atoms with Gasteiger partial charge in [0.15, 0.2) is 0 Å². The molecule has 1 aliphatic heterocycles. The minimum Gasteiger partial charge on any atom is -0.314 e. The van der Waals surface area contributed by atoms with Gasteiger partial charge < -0.3 is 5.32 Å². The molecular formula is C16H22ClFN4. The maximum absolute atomic E-state index is 12.9. The molecule has 0 spiro atoms. The number of piperazine rings is 1. The maximum Gasteiger partial charge on any atom is 0.123 e. The second-order valence-corrected chi connectivity index (χ2v) is 5.70. The van der Waals surface area contributed by atoms with Crippen LogP contribution < -0.4 is 5.32 Å². The third kappa shape index (κ3) is 4.29. The molecule has 1 aromatic carbocycles. The van der Waals surface area contributed by atoms with E-state index in [9.17, 15) is 4.39 Å². The summed E-state index contributed by atoms with van der Waals surface area (Å²) in [4.78, 5) is 2.47. The smallest absolute Gasteiger partial charge is 0.123 e. The summed E-state index contributed by atoms with van der Waals surface area (Å²) >= 11 is 0. The van der Waals surface area contributed by atoms with E-state index in [-0.39, 0.29) is 18.2 Å². The van der Waals surface area contributed by atoms with Crippen molar-refractivity contribution in [2.24, 2.45) is 0 Å². The fourth-order valence-electron chi connectivity index (χ4n) is 2.70. The first kappa shape index (κ1) is 16.9. The fraction of sp³-hybridized carbons (Fsp3) is 0.438. The summed E-state index contributed by atoms with van der Waals surface area (Å²) in [5.41, 5.74) is 2.28. The summed E-state index contributed by atoms with van der Waals surface area (Å²) < 4.78 is 14.8. The molecule has 4 nitrogen and oxygen atoms in total. The Morgan fingerprint density at radius 2 is 2.00 bits per heavy atom.